The van der Waals surface area contributed by atoms with Gasteiger partial charge in [-0.15, -0.1) is 11.3 Å². The third-order valence-corrected chi connectivity index (χ3v) is 8.02. The quantitative estimate of drug-likeness (QED) is 0.356. The molecule has 2 amide bonds. The fraction of sp³-hybridized carbons (Fsp3) is 0.269. The summed E-state index contributed by atoms with van der Waals surface area (Å²) in [4.78, 5) is 48.2. The molecule has 2 aliphatic heterocycles. The molecule has 9 heteroatoms. The van der Waals surface area contributed by atoms with Crippen molar-refractivity contribution in [2.75, 3.05) is 17.1 Å². The second-order valence-corrected chi connectivity index (χ2v) is 10.3. The van der Waals surface area contributed by atoms with Crippen LogP contribution in [0, 0.1) is 26.7 Å². The fourth-order valence-electron chi connectivity index (χ4n) is 4.64. The lowest BCUT2D eigenvalue weighted by atomic mass is 9.90. The molecule has 5 rings (SSSR count). The third kappa shape index (κ3) is 3.73. The fourth-order valence-corrected chi connectivity index (χ4v) is 5.92. The number of hydrogen-bond acceptors (Lipinski definition) is 7. The molecule has 3 atom stereocenters. The number of anilines is 2. The zero-order valence-electron chi connectivity index (χ0n) is 19.6. The number of imide groups is 1. The number of carbonyl (C=O) groups excluding carboxylic acids is 3. The van der Waals surface area contributed by atoms with Crippen LogP contribution in [0.3, 0.4) is 0 Å². The molecular formula is C26H23ClN2O5S. The van der Waals surface area contributed by atoms with Crippen LogP contribution in [0.25, 0.3) is 0 Å². The molecule has 1 aromatic heterocycles. The summed E-state index contributed by atoms with van der Waals surface area (Å²) in [5, 5.41) is 2.47. The Balaban J connectivity index is 1.60. The molecule has 180 valence electrons. The minimum Gasteiger partial charge on any atom is -0.465 e. The predicted octanol–water partition coefficient (Wildman–Crippen LogP) is 5.16. The zero-order chi connectivity index (χ0) is 25.0. The minimum absolute atomic E-state index is 0.234. The van der Waals surface area contributed by atoms with Crippen molar-refractivity contribution in [3.8, 4) is 0 Å². The van der Waals surface area contributed by atoms with Gasteiger partial charge in [0.15, 0.2) is 6.10 Å². The number of aryl methyl sites for hydroxylation is 2. The van der Waals surface area contributed by atoms with Gasteiger partial charge in [-0.05, 0) is 56.2 Å². The summed E-state index contributed by atoms with van der Waals surface area (Å²) in [6.45, 7) is 5.60. The van der Waals surface area contributed by atoms with Crippen molar-refractivity contribution < 1.29 is 24.0 Å². The molecule has 2 saturated heterocycles. The van der Waals surface area contributed by atoms with Crippen molar-refractivity contribution in [2.45, 2.75) is 32.9 Å². The van der Waals surface area contributed by atoms with Gasteiger partial charge in [-0.2, -0.15) is 0 Å². The Morgan fingerprint density at radius 3 is 2.29 bits per heavy atom. The van der Waals surface area contributed by atoms with E-state index in [1.807, 2.05) is 38.1 Å². The van der Waals surface area contributed by atoms with Crippen molar-refractivity contribution in [3.63, 3.8) is 0 Å². The Morgan fingerprint density at radius 2 is 1.66 bits per heavy atom. The number of ether oxygens (including phenoxy) is 1. The maximum atomic E-state index is 13.9. The summed E-state index contributed by atoms with van der Waals surface area (Å²) >= 11 is 7.30. The number of amides is 2. The largest absolute Gasteiger partial charge is 0.465 e. The van der Waals surface area contributed by atoms with E-state index in [2.05, 4.69) is 0 Å². The Labute approximate surface area is 211 Å². The predicted molar refractivity (Wildman–Crippen MR) is 134 cm³/mol. The van der Waals surface area contributed by atoms with E-state index in [-0.39, 0.29) is 10.6 Å². The summed E-state index contributed by atoms with van der Waals surface area (Å²) in [7, 11) is 1.28. The van der Waals surface area contributed by atoms with Crippen LogP contribution < -0.4 is 9.96 Å². The summed E-state index contributed by atoms with van der Waals surface area (Å²) in [6.07, 6.45) is -1.03. The van der Waals surface area contributed by atoms with E-state index in [1.54, 1.807) is 36.3 Å². The number of thiophene rings is 1. The first-order chi connectivity index (χ1) is 16.7. The van der Waals surface area contributed by atoms with Crippen LogP contribution in [0.15, 0.2) is 48.5 Å². The average Bonchev–Trinajstić information content (AvgIpc) is 3.45. The molecular weight excluding hydrogens is 488 g/mol. The third-order valence-electron chi connectivity index (χ3n) is 6.57. The molecule has 0 radical (unpaired) electrons. The molecule has 3 aromatic rings. The van der Waals surface area contributed by atoms with Gasteiger partial charge in [0.1, 0.15) is 10.9 Å². The van der Waals surface area contributed by atoms with Crippen LogP contribution in [0.2, 0.25) is 5.02 Å². The van der Waals surface area contributed by atoms with E-state index in [1.165, 1.54) is 18.4 Å². The van der Waals surface area contributed by atoms with Gasteiger partial charge in [0, 0.05) is 9.90 Å². The number of rotatable bonds is 4. The molecule has 2 fully saturated rings. The van der Waals surface area contributed by atoms with Gasteiger partial charge in [0.25, 0.3) is 5.91 Å². The summed E-state index contributed by atoms with van der Waals surface area (Å²) in [5.41, 5.74) is 3.52. The molecule has 35 heavy (non-hydrogen) atoms. The highest BCUT2D eigenvalue weighted by atomic mass is 35.5. The van der Waals surface area contributed by atoms with Crippen molar-refractivity contribution in [1.82, 2.24) is 0 Å². The lowest BCUT2D eigenvalue weighted by molar-refractivity contribution is -0.126. The number of methoxy groups -OCH3 is 1. The number of benzene rings is 2. The Morgan fingerprint density at radius 1 is 1.00 bits per heavy atom. The molecule has 0 saturated carbocycles. The minimum atomic E-state index is -1.03. The zero-order valence-corrected chi connectivity index (χ0v) is 21.1. The Kier molecular flexibility index (Phi) is 5.91. The molecule has 0 unspecified atom stereocenters. The molecule has 2 aliphatic rings. The van der Waals surface area contributed by atoms with E-state index < -0.39 is 35.8 Å². The SMILES string of the molecule is COC(=O)c1c(N2C(=O)[C@H]3[C@H](ON(c4ccc(Cl)cc4)[C@@H]3c3ccc(C)cc3)C2=O)sc(C)c1C. The van der Waals surface area contributed by atoms with Gasteiger partial charge in [0.2, 0.25) is 5.91 Å². The standard InChI is InChI=1S/C26H23ClN2O5S/c1-13-5-7-16(8-6-13)21-20-22(34-29(21)18-11-9-17(27)10-12-18)24(31)28(23(20)30)25-19(26(32)33-4)14(2)15(3)35-25/h5-12,20-22H,1-4H3/t20-,21-,22+/m1/s1. The number of fused-ring (bicyclic) bond motifs is 1. The topological polar surface area (TPSA) is 76.2 Å². The number of esters is 1. The number of nitrogens with zero attached hydrogens (tertiary/aromatic N) is 2. The van der Waals surface area contributed by atoms with Crippen molar-refractivity contribution in [2.24, 2.45) is 5.92 Å². The van der Waals surface area contributed by atoms with E-state index >= 15 is 0 Å². The molecule has 0 bridgehead atoms. The van der Waals surface area contributed by atoms with Crippen molar-refractivity contribution in [1.29, 1.82) is 0 Å². The first kappa shape index (κ1) is 23.5. The normalized spacial score (nSPS) is 21.6. The maximum absolute atomic E-state index is 13.9. The summed E-state index contributed by atoms with van der Waals surface area (Å²) < 4.78 is 4.95. The highest BCUT2D eigenvalue weighted by molar-refractivity contribution is 7.17. The monoisotopic (exact) mass is 510 g/mol. The molecule has 3 heterocycles. The van der Waals surface area contributed by atoms with Crippen LogP contribution >= 0.6 is 22.9 Å². The van der Waals surface area contributed by atoms with Gasteiger partial charge < -0.3 is 4.74 Å². The van der Waals surface area contributed by atoms with Crippen LogP contribution in [-0.2, 0) is 19.2 Å². The molecule has 0 spiro atoms. The number of hydrogen-bond donors (Lipinski definition) is 0. The second kappa shape index (κ2) is 8.78. The van der Waals surface area contributed by atoms with Crippen LogP contribution in [0.5, 0.6) is 0 Å². The first-order valence-corrected chi connectivity index (χ1v) is 12.3. The van der Waals surface area contributed by atoms with Gasteiger partial charge in [-0.25, -0.2) is 14.8 Å². The molecule has 0 N–H and O–H groups in total. The number of halogens is 1. The lowest BCUT2D eigenvalue weighted by Gasteiger charge is -2.28. The van der Waals surface area contributed by atoms with Gasteiger partial charge in [0.05, 0.1) is 24.4 Å². The molecule has 7 nitrogen and oxygen atoms in total. The van der Waals surface area contributed by atoms with Gasteiger partial charge in [-0.3, -0.25) is 14.4 Å². The van der Waals surface area contributed by atoms with Crippen LogP contribution in [0.4, 0.5) is 10.7 Å². The molecule has 0 aliphatic carbocycles. The van der Waals surface area contributed by atoms with Gasteiger partial charge >= 0.3 is 5.97 Å². The van der Waals surface area contributed by atoms with E-state index in [0.717, 1.165) is 20.9 Å². The van der Waals surface area contributed by atoms with Crippen LogP contribution in [-0.4, -0.2) is 31.0 Å². The number of carbonyl (C=O) groups is 3. The highest BCUT2D eigenvalue weighted by Gasteiger charge is 2.61. The Hall–Kier alpha value is -3.20. The average molecular weight is 511 g/mol. The number of hydroxylamine groups is 1. The highest BCUT2D eigenvalue weighted by Crippen LogP contribution is 2.49. The van der Waals surface area contributed by atoms with Crippen molar-refractivity contribution >= 4 is 51.4 Å². The van der Waals surface area contributed by atoms with Crippen molar-refractivity contribution in [3.05, 3.63) is 80.7 Å². The Bertz CT molecular complexity index is 1340. The summed E-state index contributed by atoms with van der Waals surface area (Å²) in [5.74, 6) is -2.29. The smallest absolute Gasteiger partial charge is 0.341 e. The van der Waals surface area contributed by atoms with E-state index in [4.69, 9.17) is 21.2 Å². The first-order valence-electron chi connectivity index (χ1n) is 11.1. The van der Waals surface area contributed by atoms with Crippen LogP contribution in [0.1, 0.15) is 38.0 Å². The van der Waals surface area contributed by atoms with E-state index in [0.29, 0.717) is 16.3 Å². The van der Waals surface area contributed by atoms with E-state index in [9.17, 15) is 14.4 Å². The molecule has 2 aromatic carbocycles. The lowest BCUT2D eigenvalue weighted by Crippen LogP contribution is -2.37. The maximum Gasteiger partial charge on any atom is 0.341 e. The van der Waals surface area contributed by atoms with Gasteiger partial charge in [-0.1, -0.05) is 41.4 Å². The summed E-state index contributed by atoms with van der Waals surface area (Å²) in [6, 6.07) is 14.3. The second-order valence-electron chi connectivity index (χ2n) is 8.68.